The van der Waals surface area contributed by atoms with Crippen LogP contribution in [0.3, 0.4) is 0 Å². The van der Waals surface area contributed by atoms with Crippen LogP contribution in [0.25, 0.3) is 78.1 Å². The van der Waals surface area contributed by atoms with Crippen molar-refractivity contribution in [3.05, 3.63) is 145 Å². The fourth-order valence-corrected chi connectivity index (χ4v) is 7.40. The van der Waals surface area contributed by atoms with Crippen LogP contribution in [-0.2, 0) is 5.41 Å². The van der Waals surface area contributed by atoms with Gasteiger partial charge in [-0.25, -0.2) is 9.97 Å². The minimum atomic E-state index is -0.272. The maximum atomic E-state index is 5.24. The van der Waals surface area contributed by atoms with Crippen molar-refractivity contribution in [2.24, 2.45) is 0 Å². The summed E-state index contributed by atoms with van der Waals surface area (Å²) >= 11 is 0. The van der Waals surface area contributed by atoms with E-state index in [0.29, 0.717) is 0 Å². The predicted octanol–water partition coefficient (Wildman–Crippen LogP) is 10.6. The van der Waals surface area contributed by atoms with E-state index in [1.807, 2.05) is 6.07 Å². The Morgan fingerprint density at radius 1 is 0.442 bits per heavy atom. The Balaban J connectivity index is 1.26. The molecule has 0 bridgehead atoms. The van der Waals surface area contributed by atoms with Crippen LogP contribution < -0.4 is 0 Å². The average Bonchev–Trinajstić information content (AvgIpc) is 3.51. The molecule has 0 atom stereocenters. The molecule has 0 amide bonds. The molecule has 9 rings (SSSR count). The van der Waals surface area contributed by atoms with E-state index in [2.05, 4.69) is 141 Å². The van der Waals surface area contributed by atoms with Crippen molar-refractivity contribution in [2.75, 3.05) is 0 Å². The molecule has 2 aliphatic carbocycles. The predicted molar refractivity (Wildman–Crippen MR) is 178 cm³/mol. The third-order valence-corrected chi connectivity index (χ3v) is 9.42. The molecular formula is C41H28N2. The lowest BCUT2D eigenvalue weighted by Gasteiger charge is -2.24. The Kier molecular flexibility index (Phi) is 4.99. The molecule has 0 saturated heterocycles. The van der Waals surface area contributed by atoms with Gasteiger partial charge in [-0.05, 0) is 55.8 Å². The summed E-state index contributed by atoms with van der Waals surface area (Å²) in [6.07, 6.45) is 0. The van der Waals surface area contributed by atoms with Crippen LogP contribution in [0.15, 0.2) is 133 Å². The quantitative estimate of drug-likeness (QED) is 0.219. The highest BCUT2D eigenvalue weighted by Gasteiger charge is 2.40. The molecule has 0 fully saturated rings. The van der Waals surface area contributed by atoms with Gasteiger partial charge in [-0.15, -0.1) is 0 Å². The normalized spacial score (nSPS) is 13.5. The van der Waals surface area contributed by atoms with E-state index < -0.39 is 0 Å². The van der Waals surface area contributed by atoms with E-state index in [0.717, 1.165) is 28.3 Å². The summed E-state index contributed by atoms with van der Waals surface area (Å²) in [5.74, 6) is 0.762. The molecular weight excluding hydrogens is 520 g/mol. The molecule has 43 heavy (non-hydrogen) atoms. The maximum absolute atomic E-state index is 5.24. The lowest BCUT2D eigenvalue weighted by molar-refractivity contribution is 0.658. The molecule has 0 aliphatic heterocycles. The average molecular weight is 549 g/mol. The van der Waals surface area contributed by atoms with Gasteiger partial charge in [-0.3, -0.25) is 0 Å². The number of benzene rings is 6. The van der Waals surface area contributed by atoms with Crippen molar-refractivity contribution in [1.82, 2.24) is 9.97 Å². The topological polar surface area (TPSA) is 25.8 Å². The molecule has 2 aliphatic rings. The van der Waals surface area contributed by atoms with Gasteiger partial charge in [0, 0.05) is 27.7 Å². The molecule has 0 saturated carbocycles. The minimum absolute atomic E-state index is 0.272. The molecule has 1 heterocycles. The summed E-state index contributed by atoms with van der Waals surface area (Å²) in [5.41, 5.74) is 15.4. The van der Waals surface area contributed by atoms with Gasteiger partial charge < -0.3 is 0 Å². The highest BCUT2D eigenvalue weighted by Crippen LogP contribution is 2.53. The van der Waals surface area contributed by atoms with Crippen LogP contribution in [0.4, 0.5) is 0 Å². The van der Waals surface area contributed by atoms with Crippen LogP contribution in [0.1, 0.15) is 25.0 Å². The number of rotatable bonds is 3. The minimum Gasteiger partial charge on any atom is -0.228 e. The third kappa shape index (κ3) is 3.41. The van der Waals surface area contributed by atoms with Gasteiger partial charge in [0.1, 0.15) is 0 Å². The molecule has 0 unspecified atom stereocenters. The van der Waals surface area contributed by atoms with Gasteiger partial charge in [-0.1, -0.05) is 141 Å². The van der Waals surface area contributed by atoms with Crippen LogP contribution in [-0.4, -0.2) is 9.97 Å². The molecule has 6 aromatic carbocycles. The summed E-state index contributed by atoms with van der Waals surface area (Å²) in [5, 5.41) is 2.66. The lowest BCUT2D eigenvalue weighted by Crippen LogP contribution is -2.17. The Labute approximate surface area is 251 Å². The number of hydrogen-bond acceptors (Lipinski definition) is 2. The zero-order valence-corrected chi connectivity index (χ0v) is 24.1. The molecule has 0 spiro atoms. The number of fused-ring (bicyclic) bond motifs is 6. The Morgan fingerprint density at radius 3 is 1.77 bits per heavy atom. The Bertz CT molecular complexity index is 2220. The standard InChI is InChI=1S/C41H28N2/c1-41(2)35-24-27(28-22-23-33-30-17-10-9-16-29(30)32-19-11-18-31(28)36(32)33)20-21-34(35)39-37(41)38(25-12-5-3-6-13-25)42-40(43-39)26-14-7-4-8-15-26/h3-24H,1-2H3. The number of nitrogens with zero attached hydrogens (tertiary/aromatic N) is 2. The molecule has 7 aromatic rings. The maximum Gasteiger partial charge on any atom is 0.160 e. The molecule has 2 heteroatoms. The molecule has 1 aromatic heterocycles. The number of hydrogen-bond donors (Lipinski definition) is 0. The van der Waals surface area contributed by atoms with Gasteiger partial charge in [0.25, 0.3) is 0 Å². The van der Waals surface area contributed by atoms with Gasteiger partial charge in [0.05, 0.1) is 11.4 Å². The third-order valence-electron chi connectivity index (χ3n) is 9.42. The second-order valence-corrected chi connectivity index (χ2v) is 12.2. The summed E-state index contributed by atoms with van der Waals surface area (Å²) in [4.78, 5) is 10.5. The van der Waals surface area contributed by atoms with Crippen LogP contribution in [0.2, 0.25) is 0 Å². The van der Waals surface area contributed by atoms with Crippen molar-refractivity contribution in [1.29, 1.82) is 0 Å². The first-order chi connectivity index (χ1) is 21.1. The fraction of sp³-hybridized carbons (Fsp3) is 0.0732. The van der Waals surface area contributed by atoms with Gasteiger partial charge in [-0.2, -0.15) is 0 Å². The van der Waals surface area contributed by atoms with Gasteiger partial charge in [0.15, 0.2) is 5.82 Å². The van der Waals surface area contributed by atoms with E-state index >= 15 is 0 Å². The summed E-state index contributed by atoms with van der Waals surface area (Å²) < 4.78 is 0. The second kappa shape index (κ2) is 8.83. The van der Waals surface area contributed by atoms with Gasteiger partial charge >= 0.3 is 0 Å². The SMILES string of the molecule is CC1(C)c2cc(-c3ccc4c5c(cccc35)-c3ccccc3-4)ccc2-c2nc(-c3ccccc3)nc(-c3ccccc3)c21. The molecule has 0 radical (unpaired) electrons. The first-order valence-corrected chi connectivity index (χ1v) is 14.9. The first kappa shape index (κ1) is 24.3. The number of aromatic nitrogens is 2. The zero-order chi connectivity index (χ0) is 28.7. The van der Waals surface area contributed by atoms with E-state index in [9.17, 15) is 0 Å². The van der Waals surface area contributed by atoms with E-state index in [-0.39, 0.29) is 5.41 Å². The van der Waals surface area contributed by atoms with Crippen molar-refractivity contribution >= 4 is 10.8 Å². The highest BCUT2D eigenvalue weighted by molar-refractivity contribution is 6.18. The Hall–Kier alpha value is -5.34. The van der Waals surface area contributed by atoms with Crippen LogP contribution >= 0.6 is 0 Å². The van der Waals surface area contributed by atoms with Gasteiger partial charge in [0.2, 0.25) is 0 Å². The smallest absolute Gasteiger partial charge is 0.160 e. The van der Waals surface area contributed by atoms with E-state index in [1.165, 1.54) is 60.8 Å². The molecule has 2 nitrogen and oxygen atoms in total. The second-order valence-electron chi connectivity index (χ2n) is 12.2. The highest BCUT2D eigenvalue weighted by atomic mass is 14.9. The first-order valence-electron chi connectivity index (χ1n) is 14.9. The Morgan fingerprint density at radius 2 is 1.02 bits per heavy atom. The van der Waals surface area contributed by atoms with Crippen molar-refractivity contribution in [2.45, 2.75) is 19.3 Å². The van der Waals surface area contributed by atoms with E-state index in [4.69, 9.17) is 9.97 Å². The molecule has 0 N–H and O–H groups in total. The summed E-state index contributed by atoms with van der Waals surface area (Å²) in [6, 6.07) is 48.0. The van der Waals surface area contributed by atoms with Crippen molar-refractivity contribution in [3.63, 3.8) is 0 Å². The van der Waals surface area contributed by atoms with Crippen LogP contribution in [0.5, 0.6) is 0 Å². The zero-order valence-electron chi connectivity index (χ0n) is 24.1. The fourth-order valence-electron chi connectivity index (χ4n) is 7.40. The van der Waals surface area contributed by atoms with Crippen molar-refractivity contribution in [3.8, 4) is 67.3 Å². The van der Waals surface area contributed by atoms with Crippen LogP contribution in [0, 0.1) is 0 Å². The monoisotopic (exact) mass is 548 g/mol. The van der Waals surface area contributed by atoms with Crippen molar-refractivity contribution < 1.29 is 0 Å². The van der Waals surface area contributed by atoms with E-state index in [1.54, 1.807) is 0 Å². The summed E-state index contributed by atoms with van der Waals surface area (Å²) in [6.45, 7) is 4.65. The molecule has 202 valence electrons. The summed E-state index contributed by atoms with van der Waals surface area (Å²) in [7, 11) is 0. The lowest BCUT2D eigenvalue weighted by atomic mass is 9.79. The largest absolute Gasteiger partial charge is 0.228 e.